The Morgan fingerprint density at radius 3 is 3.08 bits per heavy atom. The summed E-state index contributed by atoms with van der Waals surface area (Å²) in [4.78, 5) is 22.0. The van der Waals surface area contributed by atoms with Gasteiger partial charge in [0.25, 0.3) is 0 Å². The van der Waals surface area contributed by atoms with Gasteiger partial charge in [-0.2, -0.15) is 0 Å². The van der Waals surface area contributed by atoms with E-state index < -0.39 is 0 Å². The summed E-state index contributed by atoms with van der Waals surface area (Å²) in [6, 6.07) is -0.322. The number of hydrogen-bond acceptors (Lipinski definition) is 4. The van der Waals surface area contributed by atoms with Gasteiger partial charge in [-0.15, -0.1) is 0 Å². The summed E-state index contributed by atoms with van der Waals surface area (Å²) < 4.78 is 4.84. The van der Waals surface area contributed by atoms with E-state index in [0.29, 0.717) is 12.8 Å². The van der Waals surface area contributed by atoms with Crippen molar-refractivity contribution in [1.29, 1.82) is 0 Å². The molecule has 1 atom stereocenters. The minimum absolute atomic E-state index is 0.146. The fourth-order valence-corrected chi connectivity index (χ4v) is 1.18. The lowest BCUT2D eigenvalue weighted by atomic mass is 10.0. The van der Waals surface area contributed by atoms with Crippen molar-refractivity contribution in [2.75, 3.05) is 13.2 Å². The average Bonchev–Trinajstić information content (AvgIpc) is 2.15. The molecule has 1 heterocycles. The Morgan fingerprint density at radius 1 is 1.77 bits per heavy atom. The molecule has 1 unspecified atom stereocenters. The predicted molar refractivity (Wildman–Crippen MR) is 47.2 cm³/mol. The lowest BCUT2D eigenvalue weighted by Crippen LogP contribution is -2.45. The molecule has 0 radical (unpaired) electrons. The topological polar surface area (TPSA) is 55.4 Å². The highest BCUT2D eigenvalue weighted by molar-refractivity contribution is 5.85. The first kappa shape index (κ1) is 9.92. The number of carbonyl (C=O) groups excluding carboxylic acids is 2. The van der Waals surface area contributed by atoms with Gasteiger partial charge in [-0.25, -0.2) is 0 Å². The van der Waals surface area contributed by atoms with Crippen molar-refractivity contribution >= 4 is 11.8 Å². The molecule has 1 aliphatic heterocycles. The summed E-state index contributed by atoms with van der Waals surface area (Å²) in [5.74, 6) is -0.153. The Hall–Kier alpha value is -1.16. The quantitative estimate of drug-likeness (QED) is 0.495. The molecule has 0 aromatic heterocycles. The maximum Gasteiger partial charge on any atom is 0.323 e. The zero-order valence-corrected chi connectivity index (χ0v) is 7.41. The molecule has 4 nitrogen and oxygen atoms in total. The fourth-order valence-electron chi connectivity index (χ4n) is 1.18. The van der Waals surface area contributed by atoms with Crippen LogP contribution in [0.25, 0.3) is 0 Å². The maximum atomic E-state index is 11.2. The molecule has 1 fully saturated rings. The standard InChI is InChI=1S/C9H13NO3/c1-2-5-13-9(12)8-4-3-7(11)6-10-8/h2,8,10H,1,3-6H2. The summed E-state index contributed by atoms with van der Waals surface area (Å²) in [5.41, 5.74) is 0. The van der Waals surface area contributed by atoms with Crippen LogP contribution in [0, 0.1) is 0 Å². The van der Waals surface area contributed by atoms with Crippen LogP contribution in [0.3, 0.4) is 0 Å². The van der Waals surface area contributed by atoms with Crippen LogP contribution in [0.2, 0.25) is 0 Å². The number of rotatable bonds is 3. The van der Waals surface area contributed by atoms with E-state index in [1.807, 2.05) is 0 Å². The van der Waals surface area contributed by atoms with Crippen LogP contribution in [-0.4, -0.2) is 30.9 Å². The number of carbonyl (C=O) groups is 2. The first-order chi connectivity index (χ1) is 6.24. The van der Waals surface area contributed by atoms with E-state index in [1.54, 1.807) is 0 Å². The zero-order valence-electron chi connectivity index (χ0n) is 7.41. The number of piperidine rings is 1. The first-order valence-electron chi connectivity index (χ1n) is 4.26. The average molecular weight is 183 g/mol. The van der Waals surface area contributed by atoms with Crippen LogP contribution in [0.1, 0.15) is 12.8 Å². The smallest absolute Gasteiger partial charge is 0.323 e. The van der Waals surface area contributed by atoms with E-state index in [2.05, 4.69) is 11.9 Å². The van der Waals surface area contributed by atoms with Crippen molar-refractivity contribution in [3.8, 4) is 0 Å². The molecule has 1 N–H and O–H groups in total. The second kappa shape index (κ2) is 4.77. The third kappa shape index (κ3) is 2.99. The van der Waals surface area contributed by atoms with Crippen LogP contribution >= 0.6 is 0 Å². The van der Waals surface area contributed by atoms with E-state index in [4.69, 9.17) is 4.74 Å². The van der Waals surface area contributed by atoms with E-state index in [1.165, 1.54) is 6.08 Å². The number of hydrogen-bond donors (Lipinski definition) is 1. The van der Waals surface area contributed by atoms with Gasteiger partial charge in [0.05, 0.1) is 6.54 Å². The normalized spacial score (nSPS) is 22.5. The van der Waals surface area contributed by atoms with Gasteiger partial charge in [-0.1, -0.05) is 12.7 Å². The Bertz CT molecular complexity index is 215. The summed E-state index contributed by atoms with van der Waals surface area (Å²) >= 11 is 0. The van der Waals surface area contributed by atoms with Gasteiger partial charge in [0, 0.05) is 6.42 Å². The molecule has 4 heteroatoms. The molecule has 0 aliphatic carbocycles. The lowest BCUT2D eigenvalue weighted by molar-refractivity contribution is -0.145. The fraction of sp³-hybridized carbons (Fsp3) is 0.556. The molecular weight excluding hydrogens is 170 g/mol. The molecule has 0 aromatic carbocycles. The summed E-state index contributed by atoms with van der Waals surface area (Å²) in [7, 11) is 0. The minimum atomic E-state index is -0.322. The van der Waals surface area contributed by atoms with E-state index >= 15 is 0 Å². The highest BCUT2D eigenvalue weighted by atomic mass is 16.5. The maximum absolute atomic E-state index is 11.2. The summed E-state index contributed by atoms with van der Waals surface area (Å²) in [6.07, 6.45) is 2.52. The predicted octanol–water partition coefficient (Wildman–Crippen LogP) is 0.0367. The third-order valence-corrected chi connectivity index (χ3v) is 1.89. The van der Waals surface area contributed by atoms with Gasteiger partial charge < -0.3 is 4.74 Å². The Morgan fingerprint density at radius 2 is 2.54 bits per heavy atom. The van der Waals surface area contributed by atoms with Gasteiger partial charge >= 0.3 is 5.97 Å². The molecule has 0 aromatic rings. The second-order valence-corrected chi connectivity index (χ2v) is 2.93. The molecule has 0 saturated carbocycles. The molecule has 0 spiro atoms. The molecule has 0 amide bonds. The molecule has 0 bridgehead atoms. The van der Waals surface area contributed by atoms with Crippen LogP contribution in [0.5, 0.6) is 0 Å². The second-order valence-electron chi connectivity index (χ2n) is 2.93. The summed E-state index contributed by atoms with van der Waals surface area (Å²) in [6.45, 7) is 3.94. The first-order valence-corrected chi connectivity index (χ1v) is 4.26. The SMILES string of the molecule is C=CCOC(=O)C1CCC(=O)CN1. The molecule has 1 aliphatic rings. The van der Waals surface area contributed by atoms with Gasteiger partial charge in [-0.05, 0) is 6.42 Å². The van der Waals surface area contributed by atoms with Crippen LogP contribution in [0.15, 0.2) is 12.7 Å². The van der Waals surface area contributed by atoms with Gasteiger partial charge in [-0.3, -0.25) is 14.9 Å². The Labute approximate surface area is 76.9 Å². The number of ketones is 1. The van der Waals surface area contributed by atoms with Crippen molar-refractivity contribution in [3.05, 3.63) is 12.7 Å². The van der Waals surface area contributed by atoms with Gasteiger partial charge in [0.1, 0.15) is 18.4 Å². The Kier molecular flexibility index (Phi) is 3.64. The zero-order chi connectivity index (χ0) is 9.68. The van der Waals surface area contributed by atoms with E-state index in [-0.39, 0.29) is 30.9 Å². The minimum Gasteiger partial charge on any atom is -0.460 e. The number of esters is 1. The van der Waals surface area contributed by atoms with Crippen molar-refractivity contribution in [2.45, 2.75) is 18.9 Å². The lowest BCUT2D eigenvalue weighted by Gasteiger charge is -2.20. The van der Waals surface area contributed by atoms with Crippen molar-refractivity contribution in [2.24, 2.45) is 0 Å². The highest BCUT2D eigenvalue weighted by Crippen LogP contribution is 2.05. The number of ether oxygens (including phenoxy) is 1. The van der Waals surface area contributed by atoms with Crippen LogP contribution < -0.4 is 5.32 Å². The molecule has 1 rings (SSSR count). The van der Waals surface area contributed by atoms with E-state index in [9.17, 15) is 9.59 Å². The number of nitrogens with one attached hydrogen (secondary N) is 1. The monoisotopic (exact) mass is 183 g/mol. The molecule has 13 heavy (non-hydrogen) atoms. The van der Waals surface area contributed by atoms with Gasteiger partial charge in [0.15, 0.2) is 0 Å². The number of Topliss-reactive ketones (excluding diaryl/α,β-unsaturated/α-hetero) is 1. The Balaban J connectivity index is 2.31. The molecule has 72 valence electrons. The van der Waals surface area contributed by atoms with Crippen molar-refractivity contribution in [1.82, 2.24) is 5.32 Å². The highest BCUT2D eigenvalue weighted by Gasteiger charge is 2.24. The largest absolute Gasteiger partial charge is 0.460 e. The van der Waals surface area contributed by atoms with E-state index in [0.717, 1.165) is 0 Å². The van der Waals surface area contributed by atoms with Crippen LogP contribution in [-0.2, 0) is 14.3 Å². The van der Waals surface area contributed by atoms with Gasteiger partial charge in [0.2, 0.25) is 0 Å². The summed E-state index contributed by atoms with van der Waals surface area (Å²) in [5, 5.41) is 2.82. The van der Waals surface area contributed by atoms with Crippen molar-refractivity contribution in [3.63, 3.8) is 0 Å². The van der Waals surface area contributed by atoms with Crippen molar-refractivity contribution < 1.29 is 14.3 Å². The molecular formula is C9H13NO3. The van der Waals surface area contributed by atoms with Crippen LogP contribution in [0.4, 0.5) is 0 Å². The molecule has 1 saturated heterocycles. The third-order valence-electron chi connectivity index (χ3n) is 1.89.